The first-order valence-electron chi connectivity index (χ1n) is 9.88. The minimum atomic E-state index is -4.71. The predicted molar refractivity (Wildman–Crippen MR) is 105 cm³/mol. The van der Waals surface area contributed by atoms with E-state index in [1.54, 1.807) is 0 Å². The number of benzene rings is 1. The quantitative estimate of drug-likeness (QED) is 0.598. The summed E-state index contributed by atoms with van der Waals surface area (Å²) in [6.45, 7) is 1.87. The monoisotopic (exact) mass is 401 g/mol. The second-order valence-corrected chi connectivity index (χ2v) is 7.72. The Labute approximate surface area is 166 Å². The third-order valence-corrected chi connectivity index (χ3v) is 5.65. The molecule has 0 amide bonds. The van der Waals surface area contributed by atoms with Crippen molar-refractivity contribution in [2.45, 2.75) is 57.2 Å². The number of halogens is 3. The minimum absolute atomic E-state index is 0.0717. The van der Waals surface area contributed by atoms with Gasteiger partial charge in [0.25, 0.3) is 5.56 Å². The van der Waals surface area contributed by atoms with Crippen LogP contribution in [0.15, 0.2) is 47.4 Å². The van der Waals surface area contributed by atoms with Gasteiger partial charge in [-0.3, -0.25) is 14.3 Å². The van der Waals surface area contributed by atoms with E-state index in [2.05, 4.69) is 9.97 Å². The number of nitrogens with zero attached hydrogens (tertiary/aromatic N) is 3. The van der Waals surface area contributed by atoms with Gasteiger partial charge < -0.3 is 0 Å². The average Bonchev–Trinajstić information content (AvgIpc) is 3.22. The molecule has 152 valence electrons. The molecular weight excluding hydrogens is 379 g/mol. The molecule has 2 heterocycles. The summed E-state index contributed by atoms with van der Waals surface area (Å²) in [6, 6.07) is 10.7. The maximum absolute atomic E-state index is 13.5. The number of hydrogen-bond donors (Lipinski definition) is 0. The zero-order valence-electron chi connectivity index (χ0n) is 16.1. The van der Waals surface area contributed by atoms with Gasteiger partial charge in [0.1, 0.15) is 5.82 Å². The second kappa shape index (κ2) is 7.61. The van der Waals surface area contributed by atoms with E-state index in [0.29, 0.717) is 12.2 Å². The summed E-state index contributed by atoms with van der Waals surface area (Å²) < 4.78 is 42.1. The molecule has 1 aliphatic rings. The fourth-order valence-electron chi connectivity index (χ4n) is 4.32. The van der Waals surface area contributed by atoms with Gasteiger partial charge in [0.05, 0.1) is 10.9 Å². The third-order valence-electron chi connectivity index (χ3n) is 5.65. The van der Waals surface area contributed by atoms with E-state index in [1.807, 2.05) is 37.3 Å². The van der Waals surface area contributed by atoms with E-state index >= 15 is 0 Å². The van der Waals surface area contributed by atoms with Crippen molar-refractivity contribution in [3.05, 3.63) is 70.0 Å². The summed E-state index contributed by atoms with van der Waals surface area (Å²) in [6.07, 6.45) is 0.769. The number of aromatic nitrogens is 3. The summed E-state index contributed by atoms with van der Waals surface area (Å²) in [4.78, 5) is 21.4. The molecule has 4 nitrogen and oxygen atoms in total. The number of pyridine rings is 1. The minimum Gasteiger partial charge on any atom is -0.293 e. The fraction of sp³-hybridized carbons (Fsp3) is 0.409. The molecule has 1 atom stereocenters. The van der Waals surface area contributed by atoms with Gasteiger partial charge in [-0.05, 0) is 37.8 Å². The molecule has 0 radical (unpaired) electrons. The Morgan fingerprint density at radius 3 is 2.48 bits per heavy atom. The van der Waals surface area contributed by atoms with Crippen LogP contribution in [-0.2, 0) is 12.6 Å². The van der Waals surface area contributed by atoms with Crippen molar-refractivity contribution < 1.29 is 13.2 Å². The highest BCUT2D eigenvalue weighted by molar-refractivity contribution is 5.80. The number of alkyl halides is 3. The molecule has 0 aliphatic heterocycles. The smallest absolute Gasteiger partial charge is 0.293 e. The normalized spacial score (nSPS) is 16.4. The van der Waals surface area contributed by atoms with Crippen LogP contribution in [-0.4, -0.2) is 14.5 Å². The average molecular weight is 401 g/mol. The summed E-state index contributed by atoms with van der Waals surface area (Å²) in [5.74, 6) is 0.690. The van der Waals surface area contributed by atoms with Gasteiger partial charge in [-0.2, -0.15) is 13.2 Å². The lowest BCUT2D eigenvalue weighted by atomic mass is 10.0. The maximum Gasteiger partial charge on any atom is 0.434 e. The molecule has 0 unspecified atom stereocenters. The van der Waals surface area contributed by atoms with Gasteiger partial charge in [-0.1, -0.05) is 43.2 Å². The SMILES string of the molecule is C[C@H](Cc1ccccc1)n1c(C2CCCC2)nc2ccnc(C(F)(F)F)c2c1=O. The van der Waals surface area contributed by atoms with Crippen LogP contribution < -0.4 is 5.56 Å². The molecule has 1 saturated carbocycles. The topological polar surface area (TPSA) is 47.8 Å². The Bertz CT molecular complexity index is 1070. The molecule has 1 fully saturated rings. The molecule has 7 heteroatoms. The van der Waals surface area contributed by atoms with Gasteiger partial charge >= 0.3 is 6.18 Å². The Hall–Kier alpha value is -2.70. The molecule has 0 bridgehead atoms. The zero-order valence-corrected chi connectivity index (χ0v) is 16.1. The van der Waals surface area contributed by atoms with Gasteiger partial charge in [-0.15, -0.1) is 0 Å². The number of fused-ring (bicyclic) bond motifs is 1. The Kier molecular flexibility index (Phi) is 5.15. The Morgan fingerprint density at radius 2 is 1.83 bits per heavy atom. The largest absolute Gasteiger partial charge is 0.434 e. The van der Waals surface area contributed by atoms with Crippen LogP contribution in [0.25, 0.3) is 10.9 Å². The molecule has 0 spiro atoms. The molecule has 1 aliphatic carbocycles. The molecule has 3 aromatic rings. The van der Waals surface area contributed by atoms with Gasteiger partial charge in [0.2, 0.25) is 0 Å². The summed E-state index contributed by atoms with van der Waals surface area (Å²) >= 11 is 0. The van der Waals surface area contributed by atoms with Crippen LogP contribution in [0.5, 0.6) is 0 Å². The lowest BCUT2D eigenvalue weighted by Crippen LogP contribution is -2.32. The van der Waals surface area contributed by atoms with Crippen molar-refractivity contribution in [3.8, 4) is 0 Å². The third kappa shape index (κ3) is 3.78. The fourth-order valence-corrected chi connectivity index (χ4v) is 4.32. The maximum atomic E-state index is 13.5. The first-order valence-corrected chi connectivity index (χ1v) is 9.88. The Morgan fingerprint density at radius 1 is 1.14 bits per heavy atom. The molecule has 0 N–H and O–H groups in total. The lowest BCUT2D eigenvalue weighted by Gasteiger charge is -2.23. The lowest BCUT2D eigenvalue weighted by molar-refractivity contribution is -0.139. The summed E-state index contributed by atoms with van der Waals surface area (Å²) in [7, 11) is 0. The van der Waals surface area contributed by atoms with E-state index in [9.17, 15) is 18.0 Å². The van der Waals surface area contributed by atoms with E-state index < -0.39 is 22.8 Å². The van der Waals surface area contributed by atoms with Gasteiger partial charge in [-0.25, -0.2) is 4.98 Å². The summed E-state index contributed by atoms with van der Waals surface area (Å²) in [5.41, 5.74) is -0.721. The molecular formula is C22H22F3N3O. The van der Waals surface area contributed by atoms with Crippen LogP contribution >= 0.6 is 0 Å². The van der Waals surface area contributed by atoms with Crippen LogP contribution in [0.1, 0.15) is 61.6 Å². The first-order chi connectivity index (χ1) is 13.9. The molecule has 29 heavy (non-hydrogen) atoms. The molecule has 0 saturated heterocycles. The van der Waals surface area contributed by atoms with E-state index in [-0.39, 0.29) is 17.5 Å². The van der Waals surface area contributed by atoms with Gasteiger partial charge in [0, 0.05) is 18.2 Å². The molecule has 2 aromatic heterocycles. The standard InChI is InChI=1S/C22H22F3N3O/c1-14(13-15-7-3-2-4-8-15)28-20(16-9-5-6-10-16)27-17-11-12-26-19(22(23,24)25)18(17)21(28)29/h2-4,7-8,11-12,14,16H,5-6,9-10,13H2,1H3/t14-/m1/s1. The van der Waals surface area contributed by atoms with E-state index in [1.165, 1.54) is 10.6 Å². The Balaban J connectivity index is 1.93. The molecule has 4 rings (SSSR count). The van der Waals surface area contributed by atoms with Crippen molar-refractivity contribution in [3.63, 3.8) is 0 Å². The van der Waals surface area contributed by atoms with Crippen molar-refractivity contribution in [2.24, 2.45) is 0 Å². The van der Waals surface area contributed by atoms with Crippen LogP contribution in [0, 0.1) is 0 Å². The highest BCUT2D eigenvalue weighted by Crippen LogP contribution is 2.36. The molecule has 1 aromatic carbocycles. The predicted octanol–water partition coefficient (Wildman–Crippen LogP) is 5.27. The van der Waals surface area contributed by atoms with Crippen molar-refractivity contribution in [1.82, 2.24) is 14.5 Å². The van der Waals surface area contributed by atoms with Crippen LogP contribution in [0.2, 0.25) is 0 Å². The van der Waals surface area contributed by atoms with Crippen molar-refractivity contribution in [2.75, 3.05) is 0 Å². The summed E-state index contributed by atoms with van der Waals surface area (Å²) in [5, 5.41) is -0.443. The van der Waals surface area contributed by atoms with Crippen molar-refractivity contribution in [1.29, 1.82) is 0 Å². The zero-order chi connectivity index (χ0) is 20.6. The number of rotatable bonds is 4. The second-order valence-electron chi connectivity index (χ2n) is 7.72. The van der Waals surface area contributed by atoms with Gasteiger partial charge in [0.15, 0.2) is 5.69 Å². The van der Waals surface area contributed by atoms with E-state index in [4.69, 9.17) is 0 Å². The number of hydrogen-bond acceptors (Lipinski definition) is 3. The highest BCUT2D eigenvalue weighted by atomic mass is 19.4. The van der Waals surface area contributed by atoms with Crippen LogP contribution in [0.4, 0.5) is 13.2 Å². The highest BCUT2D eigenvalue weighted by Gasteiger charge is 2.37. The van der Waals surface area contributed by atoms with Crippen molar-refractivity contribution >= 4 is 10.9 Å². The van der Waals surface area contributed by atoms with E-state index in [0.717, 1.165) is 37.4 Å². The first kappa shape index (κ1) is 19.6. The van der Waals surface area contributed by atoms with Crippen LogP contribution in [0.3, 0.4) is 0 Å².